The fraction of sp³-hybridized carbons (Fsp3) is 0.600. The van der Waals surface area contributed by atoms with E-state index in [1.807, 2.05) is 0 Å². The van der Waals surface area contributed by atoms with Crippen LogP contribution in [0, 0.1) is 6.92 Å². The molecule has 2 N–H and O–H groups in total. The van der Waals surface area contributed by atoms with Gasteiger partial charge < -0.3 is 15.0 Å². The van der Waals surface area contributed by atoms with E-state index < -0.39 is 5.97 Å². The van der Waals surface area contributed by atoms with Gasteiger partial charge in [0.25, 0.3) is 0 Å². The normalized spacial score (nSPS) is 10.3. The van der Waals surface area contributed by atoms with Crippen molar-refractivity contribution in [3.63, 3.8) is 0 Å². The molecule has 1 rings (SSSR count). The van der Waals surface area contributed by atoms with Crippen LogP contribution in [0.2, 0.25) is 0 Å². The van der Waals surface area contributed by atoms with Crippen LogP contribution in [0.4, 0.5) is 5.69 Å². The van der Waals surface area contributed by atoms with Gasteiger partial charge in [-0.2, -0.15) is 0 Å². The van der Waals surface area contributed by atoms with Crippen LogP contribution >= 0.6 is 0 Å². The number of nitrogens with one attached hydrogen (secondary N) is 2. The summed E-state index contributed by atoms with van der Waals surface area (Å²) in [5.74, 6) is -0.474. The zero-order valence-electron chi connectivity index (χ0n) is 12.5. The number of hydrogen-bond acceptors (Lipinski definition) is 3. The molecule has 0 fully saturated rings. The van der Waals surface area contributed by atoms with Crippen LogP contribution in [-0.2, 0) is 9.53 Å². The summed E-state index contributed by atoms with van der Waals surface area (Å²) < 4.78 is 4.99. The van der Waals surface area contributed by atoms with Crippen LogP contribution in [0.15, 0.2) is 6.20 Å². The van der Waals surface area contributed by atoms with Crippen molar-refractivity contribution in [2.75, 3.05) is 11.9 Å². The Morgan fingerprint density at radius 3 is 2.65 bits per heavy atom. The van der Waals surface area contributed by atoms with Crippen molar-refractivity contribution >= 4 is 17.6 Å². The van der Waals surface area contributed by atoms with Gasteiger partial charge in [0.05, 0.1) is 12.3 Å². The Morgan fingerprint density at radius 2 is 2.00 bits per heavy atom. The van der Waals surface area contributed by atoms with Crippen molar-refractivity contribution in [2.45, 2.75) is 52.9 Å². The van der Waals surface area contributed by atoms with Crippen molar-refractivity contribution in [3.05, 3.63) is 17.5 Å². The van der Waals surface area contributed by atoms with Crippen molar-refractivity contribution in [3.8, 4) is 0 Å². The summed E-state index contributed by atoms with van der Waals surface area (Å²) in [6.45, 7) is 5.98. The van der Waals surface area contributed by atoms with Crippen molar-refractivity contribution in [1.29, 1.82) is 0 Å². The van der Waals surface area contributed by atoms with Crippen LogP contribution < -0.4 is 5.32 Å². The van der Waals surface area contributed by atoms with Gasteiger partial charge in [0.2, 0.25) is 5.91 Å². The molecule has 1 aromatic rings. The molecule has 0 atom stereocenters. The lowest BCUT2D eigenvalue weighted by atomic mass is 10.1. The van der Waals surface area contributed by atoms with E-state index in [4.69, 9.17) is 4.74 Å². The highest BCUT2D eigenvalue weighted by Gasteiger charge is 2.18. The van der Waals surface area contributed by atoms with Gasteiger partial charge in [-0.15, -0.1) is 0 Å². The number of rotatable bonds is 8. The Morgan fingerprint density at radius 1 is 1.25 bits per heavy atom. The molecule has 0 bridgehead atoms. The second kappa shape index (κ2) is 8.40. The van der Waals surface area contributed by atoms with Gasteiger partial charge in [-0.1, -0.05) is 26.2 Å². The van der Waals surface area contributed by atoms with E-state index >= 15 is 0 Å². The molecule has 1 heterocycles. The van der Waals surface area contributed by atoms with Gasteiger partial charge in [-0.25, -0.2) is 4.79 Å². The molecule has 112 valence electrons. The highest BCUT2D eigenvalue weighted by Crippen LogP contribution is 2.20. The Balaban J connectivity index is 2.59. The molecule has 20 heavy (non-hydrogen) atoms. The fourth-order valence-electron chi connectivity index (χ4n) is 2.02. The third kappa shape index (κ3) is 4.72. The van der Waals surface area contributed by atoms with Crippen molar-refractivity contribution < 1.29 is 14.3 Å². The number of H-pyrrole nitrogens is 1. The van der Waals surface area contributed by atoms with Gasteiger partial charge in [0.1, 0.15) is 5.56 Å². The number of hydrogen-bond donors (Lipinski definition) is 2. The molecular formula is C15H24N2O3. The van der Waals surface area contributed by atoms with Crippen LogP contribution in [0.5, 0.6) is 0 Å². The number of esters is 1. The lowest BCUT2D eigenvalue weighted by molar-refractivity contribution is -0.116. The van der Waals surface area contributed by atoms with Crippen LogP contribution in [0.25, 0.3) is 0 Å². The highest BCUT2D eigenvalue weighted by atomic mass is 16.5. The predicted octanol–water partition coefficient (Wildman–Crippen LogP) is 3.41. The lowest BCUT2D eigenvalue weighted by Gasteiger charge is -2.07. The SMILES string of the molecule is CCCCCCC(=O)Nc1c[nH]c(C)c1C(=O)OCC. The molecule has 0 saturated carbocycles. The molecule has 1 amide bonds. The number of carbonyl (C=O) groups excluding carboxylic acids is 2. The summed E-state index contributed by atoms with van der Waals surface area (Å²) in [7, 11) is 0. The number of unbranched alkanes of at least 4 members (excludes halogenated alkanes) is 3. The third-order valence-electron chi connectivity index (χ3n) is 3.09. The maximum atomic E-state index is 11.8. The van der Waals surface area contributed by atoms with Crippen LogP contribution in [0.3, 0.4) is 0 Å². The Hall–Kier alpha value is -1.78. The number of anilines is 1. The van der Waals surface area contributed by atoms with E-state index in [9.17, 15) is 9.59 Å². The minimum Gasteiger partial charge on any atom is -0.462 e. The largest absolute Gasteiger partial charge is 0.462 e. The van der Waals surface area contributed by atoms with E-state index in [0.29, 0.717) is 30.0 Å². The quantitative estimate of drug-likeness (QED) is 0.566. The smallest absolute Gasteiger partial charge is 0.342 e. The zero-order valence-corrected chi connectivity index (χ0v) is 12.5. The van der Waals surface area contributed by atoms with Gasteiger partial charge in [-0.05, 0) is 20.3 Å². The molecule has 5 heteroatoms. The number of ether oxygens (including phenoxy) is 1. The fourth-order valence-corrected chi connectivity index (χ4v) is 2.02. The lowest BCUT2D eigenvalue weighted by Crippen LogP contribution is -2.14. The van der Waals surface area contributed by atoms with Gasteiger partial charge in [0, 0.05) is 18.3 Å². The van der Waals surface area contributed by atoms with Crippen LogP contribution in [-0.4, -0.2) is 23.5 Å². The van der Waals surface area contributed by atoms with Crippen molar-refractivity contribution in [2.24, 2.45) is 0 Å². The standard InChI is InChI=1S/C15H24N2O3/c1-4-6-7-8-9-13(18)17-12-10-16-11(3)14(12)15(19)20-5-2/h10,16H,4-9H2,1-3H3,(H,17,18). The molecule has 0 saturated heterocycles. The number of carbonyl (C=O) groups is 2. The first-order valence-electron chi connectivity index (χ1n) is 7.25. The van der Waals surface area contributed by atoms with E-state index in [0.717, 1.165) is 25.7 Å². The monoisotopic (exact) mass is 280 g/mol. The van der Waals surface area contributed by atoms with Crippen LogP contribution in [0.1, 0.15) is 62.0 Å². The average Bonchev–Trinajstić information content (AvgIpc) is 2.76. The highest BCUT2D eigenvalue weighted by molar-refractivity contribution is 6.02. The topological polar surface area (TPSA) is 71.2 Å². The van der Waals surface area contributed by atoms with Gasteiger partial charge >= 0.3 is 5.97 Å². The molecule has 0 radical (unpaired) electrons. The number of aromatic nitrogens is 1. The second-order valence-electron chi connectivity index (χ2n) is 4.78. The average molecular weight is 280 g/mol. The summed E-state index contributed by atoms with van der Waals surface area (Å²) in [4.78, 5) is 26.6. The Kier molecular flexibility index (Phi) is 6.84. The summed E-state index contributed by atoms with van der Waals surface area (Å²) in [6, 6.07) is 0. The predicted molar refractivity (Wildman–Crippen MR) is 78.9 cm³/mol. The summed E-state index contributed by atoms with van der Waals surface area (Å²) in [5, 5.41) is 2.78. The molecule has 0 spiro atoms. The summed E-state index contributed by atoms with van der Waals surface area (Å²) >= 11 is 0. The molecule has 5 nitrogen and oxygen atoms in total. The number of aryl methyl sites for hydroxylation is 1. The number of aromatic amines is 1. The molecule has 0 aromatic carbocycles. The van der Waals surface area contributed by atoms with E-state index in [2.05, 4.69) is 17.2 Å². The molecule has 0 aliphatic rings. The van der Waals surface area contributed by atoms with Gasteiger partial charge in [0.15, 0.2) is 0 Å². The molecule has 0 aliphatic heterocycles. The molecular weight excluding hydrogens is 256 g/mol. The summed E-state index contributed by atoms with van der Waals surface area (Å²) in [5.41, 5.74) is 1.61. The van der Waals surface area contributed by atoms with Crippen molar-refractivity contribution in [1.82, 2.24) is 4.98 Å². The van der Waals surface area contributed by atoms with Gasteiger partial charge in [-0.3, -0.25) is 4.79 Å². The molecule has 0 unspecified atom stereocenters. The first-order chi connectivity index (χ1) is 9.60. The van der Waals surface area contributed by atoms with E-state index in [-0.39, 0.29) is 5.91 Å². The molecule has 1 aromatic heterocycles. The minimum atomic E-state index is -0.410. The first-order valence-corrected chi connectivity index (χ1v) is 7.25. The Bertz CT molecular complexity index is 452. The van der Waals surface area contributed by atoms with E-state index in [1.165, 1.54) is 0 Å². The maximum Gasteiger partial charge on any atom is 0.342 e. The third-order valence-corrected chi connectivity index (χ3v) is 3.09. The van der Waals surface area contributed by atoms with E-state index in [1.54, 1.807) is 20.0 Å². The summed E-state index contributed by atoms with van der Waals surface area (Å²) in [6.07, 6.45) is 6.33. The minimum absolute atomic E-state index is 0.0642. The maximum absolute atomic E-state index is 11.8. The first kappa shape index (κ1) is 16.3. The zero-order chi connectivity index (χ0) is 15.0. The molecule has 0 aliphatic carbocycles. The Labute approximate surface area is 120 Å². The second-order valence-corrected chi connectivity index (χ2v) is 4.78. The number of amides is 1.